The Bertz CT molecular complexity index is 1340. The van der Waals surface area contributed by atoms with Crippen molar-refractivity contribution in [2.24, 2.45) is 11.5 Å². The maximum absolute atomic E-state index is 13.3. The van der Waals surface area contributed by atoms with E-state index in [4.69, 9.17) is 21.7 Å². The van der Waals surface area contributed by atoms with E-state index in [2.05, 4.69) is 0 Å². The molecule has 2 atom stereocenters. The van der Waals surface area contributed by atoms with Gasteiger partial charge in [-0.05, 0) is 23.3 Å². The molecule has 0 saturated carbocycles. The topological polar surface area (TPSA) is 171 Å². The summed E-state index contributed by atoms with van der Waals surface area (Å²) in [6.45, 7) is 0. The lowest BCUT2D eigenvalue weighted by Crippen LogP contribution is -2.32. The molecule has 34 heavy (non-hydrogen) atoms. The van der Waals surface area contributed by atoms with Crippen LogP contribution >= 0.6 is 0 Å². The second kappa shape index (κ2) is 8.93. The van der Waals surface area contributed by atoms with Crippen LogP contribution in [-0.4, -0.2) is 55.2 Å². The molecule has 0 amide bonds. The van der Waals surface area contributed by atoms with Crippen molar-refractivity contribution < 1.29 is 29.4 Å². The smallest absolute Gasteiger partial charge is 0.321 e. The van der Waals surface area contributed by atoms with E-state index in [0.29, 0.717) is 32.9 Å². The van der Waals surface area contributed by atoms with Crippen molar-refractivity contribution in [3.05, 3.63) is 72.1 Å². The average molecular weight is 462 g/mol. The molecule has 4 rings (SSSR count). The second-order valence-corrected chi connectivity index (χ2v) is 7.99. The van der Waals surface area contributed by atoms with Gasteiger partial charge in [0.25, 0.3) is 0 Å². The highest BCUT2D eigenvalue weighted by Crippen LogP contribution is 2.25. The fraction of sp³-hybridized carbons (Fsp3) is 0.167. The Kier molecular flexibility index (Phi) is 6.01. The number of nitrogens with two attached hydrogens (primary N) is 2. The minimum atomic E-state index is -1.18. The van der Waals surface area contributed by atoms with E-state index < -0.39 is 35.8 Å². The number of para-hydroxylation sites is 2. The Morgan fingerprint density at radius 1 is 0.676 bits per heavy atom. The summed E-state index contributed by atoms with van der Waals surface area (Å²) in [6, 6.07) is 11.3. The molecule has 4 aromatic rings. The van der Waals surface area contributed by atoms with Crippen LogP contribution in [0.2, 0.25) is 0 Å². The number of aliphatic carboxylic acids is 2. The van der Waals surface area contributed by atoms with Gasteiger partial charge in [0, 0.05) is 36.0 Å². The molecule has 174 valence electrons. The fourth-order valence-electron chi connectivity index (χ4n) is 4.02. The summed E-state index contributed by atoms with van der Waals surface area (Å²) in [4.78, 5) is 49.0. The number of carbonyl (C=O) groups excluding carboxylic acids is 2. The number of hydrogen-bond donors (Lipinski definition) is 4. The summed E-state index contributed by atoms with van der Waals surface area (Å²) in [6.07, 6.45) is 2.82. The molecule has 0 aliphatic carbocycles. The first kappa shape index (κ1) is 22.9. The highest BCUT2D eigenvalue weighted by molar-refractivity contribution is 6.39. The third-order valence-electron chi connectivity index (χ3n) is 5.72. The number of carboxylic acids is 2. The van der Waals surface area contributed by atoms with Crippen LogP contribution in [0, 0.1) is 0 Å². The molecule has 2 aromatic heterocycles. The van der Waals surface area contributed by atoms with E-state index in [-0.39, 0.29) is 12.8 Å². The molecule has 6 N–H and O–H groups in total. The molecule has 0 fully saturated rings. The number of hydrogen-bond acceptors (Lipinski definition) is 6. The van der Waals surface area contributed by atoms with Gasteiger partial charge in [-0.1, -0.05) is 36.4 Å². The first-order chi connectivity index (χ1) is 16.2. The van der Waals surface area contributed by atoms with E-state index in [0.717, 1.165) is 0 Å². The highest BCUT2D eigenvalue weighted by Gasteiger charge is 2.26. The Morgan fingerprint density at radius 3 is 1.38 bits per heavy atom. The van der Waals surface area contributed by atoms with Gasteiger partial charge in [0.2, 0.25) is 0 Å². The Balaban J connectivity index is 1.76. The lowest BCUT2D eigenvalue weighted by atomic mass is 10.1. The van der Waals surface area contributed by atoms with Crippen molar-refractivity contribution in [2.75, 3.05) is 0 Å². The highest BCUT2D eigenvalue weighted by atomic mass is 16.4. The molecule has 0 bridgehead atoms. The van der Waals surface area contributed by atoms with Gasteiger partial charge in [-0.15, -0.1) is 0 Å². The first-order valence-electron chi connectivity index (χ1n) is 10.4. The number of benzene rings is 2. The lowest BCUT2D eigenvalue weighted by molar-refractivity contribution is -0.139. The van der Waals surface area contributed by atoms with Crippen molar-refractivity contribution >= 4 is 45.6 Å². The number of rotatable bonds is 6. The lowest BCUT2D eigenvalue weighted by Gasteiger charge is -2.06. The molecule has 0 aliphatic rings. The minimum Gasteiger partial charge on any atom is -0.480 e. The van der Waals surface area contributed by atoms with Crippen LogP contribution in [0.15, 0.2) is 60.9 Å². The van der Waals surface area contributed by atoms with Crippen LogP contribution in [-0.2, 0) is 22.4 Å². The Morgan fingerprint density at radius 2 is 1.03 bits per heavy atom. The van der Waals surface area contributed by atoms with Crippen molar-refractivity contribution in [1.82, 2.24) is 9.13 Å². The Labute approximate surface area is 193 Å². The third-order valence-corrected chi connectivity index (χ3v) is 5.72. The summed E-state index contributed by atoms with van der Waals surface area (Å²) in [7, 11) is 0. The minimum absolute atomic E-state index is 0.0198. The standard InChI is InChI=1S/C24H22N4O6/c25-17(23(31)32)9-13-11-27(19-7-3-1-5-15(13)19)21(29)22(30)28-12-14(10-18(26)24(33)34)16-6-2-4-8-20(16)28/h1-8,11-12,17-18H,9-10,25-26H2,(H,31,32)(H,33,34). The van der Waals surface area contributed by atoms with Crippen molar-refractivity contribution in [1.29, 1.82) is 0 Å². The number of carboxylic acid groups (broad SMARTS) is 2. The zero-order valence-electron chi connectivity index (χ0n) is 17.9. The molecular formula is C24H22N4O6. The van der Waals surface area contributed by atoms with E-state index in [1.165, 1.54) is 21.5 Å². The van der Waals surface area contributed by atoms with Crippen molar-refractivity contribution in [3.8, 4) is 0 Å². The predicted octanol–water partition coefficient (Wildman–Crippen LogP) is 1.49. The molecular weight excluding hydrogens is 440 g/mol. The number of nitrogens with zero attached hydrogens (tertiary/aromatic N) is 2. The number of carbonyl (C=O) groups is 4. The predicted molar refractivity (Wildman–Crippen MR) is 124 cm³/mol. The van der Waals surface area contributed by atoms with Gasteiger partial charge in [-0.25, -0.2) is 0 Å². The molecule has 0 spiro atoms. The van der Waals surface area contributed by atoms with E-state index in [1.54, 1.807) is 48.5 Å². The zero-order chi connectivity index (χ0) is 24.6. The van der Waals surface area contributed by atoms with Crippen LogP contribution in [0.25, 0.3) is 21.8 Å². The molecule has 0 aliphatic heterocycles. The summed E-state index contributed by atoms with van der Waals surface area (Å²) >= 11 is 0. The molecule has 0 radical (unpaired) electrons. The van der Waals surface area contributed by atoms with E-state index in [9.17, 15) is 19.2 Å². The monoisotopic (exact) mass is 462 g/mol. The summed E-state index contributed by atoms with van der Waals surface area (Å²) in [5, 5.41) is 19.6. The maximum Gasteiger partial charge on any atom is 0.321 e. The number of fused-ring (bicyclic) bond motifs is 2. The van der Waals surface area contributed by atoms with Crippen molar-refractivity contribution in [2.45, 2.75) is 24.9 Å². The fourth-order valence-corrected chi connectivity index (χ4v) is 4.02. The van der Waals surface area contributed by atoms with Crippen molar-refractivity contribution in [3.63, 3.8) is 0 Å². The van der Waals surface area contributed by atoms with E-state index >= 15 is 0 Å². The molecule has 0 saturated heterocycles. The van der Waals surface area contributed by atoms with Gasteiger partial charge in [-0.3, -0.25) is 28.3 Å². The SMILES string of the molecule is NC(Cc1cn(C(=O)C(=O)n2cc(CC(N)C(=O)O)c3ccccc32)c2ccccc12)C(=O)O. The molecule has 2 unspecified atom stereocenters. The largest absolute Gasteiger partial charge is 0.480 e. The van der Waals surface area contributed by atoms with Gasteiger partial charge in [0.05, 0.1) is 11.0 Å². The number of aromatic nitrogens is 2. The van der Waals surface area contributed by atoms with Crippen LogP contribution < -0.4 is 11.5 Å². The van der Waals surface area contributed by atoms with E-state index in [1.807, 2.05) is 0 Å². The zero-order valence-corrected chi connectivity index (χ0v) is 17.9. The van der Waals surface area contributed by atoms with Gasteiger partial charge < -0.3 is 21.7 Å². The molecule has 2 aromatic carbocycles. The van der Waals surface area contributed by atoms with Gasteiger partial charge >= 0.3 is 23.8 Å². The first-order valence-corrected chi connectivity index (χ1v) is 10.4. The summed E-state index contributed by atoms with van der Waals surface area (Å²) < 4.78 is 2.36. The third kappa shape index (κ3) is 4.07. The average Bonchev–Trinajstić information content (AvgIpc) is 3.37. The van der Waals surface area contributed by atoms with Crippen LogP contribution in [0.3, 0.4) is 0 Å². The van der Waals surface area contributed by atoms with Crippen LogP contribution in [0.5, 0.6) is 0 Å². The Hall–Kier alpha value is -4.28. The molecule has 2 heterocycles. The van der Waals surface area contributed by atoms with Gasteiger partial charge in [-0.2, -0.15) is 0 Å². The second-order valence-electron chi connectivity index (χ2n) is 7.99. The van der Waals surface area contributed by atoms with Crippen LogP contribution in [0.4, 0.5) is 0 Å². The van der Waals surface area contributed by atoms with Gasteiger partial charge in [0.15, 0.2) is 0 Å². The molecule has 10 heteroatoms. The quantitative estimate of drug-likeness (QED) is 0.312. The molecule has 10 nitrogen and oxygen atoms in total. The van der Waals surface area contributed by atoms with Gasteiger partial charge in [0.1, 0.15) is 12.1 Å². The normalized spacial score (nSPS) is 13.1. The summed E-state index contributed by atoms with van der Waals surface area (Å²) in [5.41, 5.74) is 13.3. The summed E-state index contributed by atoms with van der Waals surface area (Å²) in [5.74, 6) is -4.07. The maximum atomic E-state index is 13.3. The van der Waals surface area contributed by atoms with Crippen LogP contribution in [0.1, 0.15) is 20.7 Å².